The van der Waals surface area contributed by atoms with Gasteiger partial charge in [-0.1, -0.05) is 18.2 Å². The van der Waals surface area contributed by atoms with Crippen LogP contribution >= 0.6 is 0 Å². The number of fused-ring (bicyclic) bond motifs is 1. The first-order valence-corrected chi connectivity index (χ1v) is 10.9. The number of nitrogens with zero attached hydrogens (tertiary/aromatic N) is 4. The second kappa shape index (κ2) is 8.78. The van der Waals surface area contributed by atoms with Gasteiger partial charge in [0.15, 0.2) is 0 Å². The molecule has 1 fully saturated rings. The van der Waals surface area contributed by atoms with Gasteiger partial charge in [-0.25, -0.2) is 4.98 Å². The summed E-state index contributed by atoms with van der Waals surface area (Å²) in [5, 5.41) is 0. The third-order valence-corrected chi connectivity index (χ3v) is 5.95. The molecule has 2 aromatic heterocycles. The lowest BCUT2D eigenvalue weighted by atomic mass is 10.1. The Balaban J connectivity index is 1.27. The van der Waals surface area contributed by atoms with Crippen LogP contribution in [0.25, 0.3) is 22.4 Å². The number of carbonyl (C=O) groups excluding carboxylic acids is 3. The van der Waals surface area contributed by atoms with E-state index in [-0.39, 0.29) is 11.8 Å². The molecule has 2 aromatic carbocycles. The van der Waals surface area contributed by atoms with E-state index in [1.165, 1.54) is 0 Å². The minimum atomic E-state index is -0.535. The highest BCUT2D eigenvalue weighted by Crippen LogP contribution is 2.23. The van der Waals surface area contributed by atoms with Gasteiger partial charge >= 0.3 is 0 Å². The number of aromatic amines is 1. The first-order valence-electron chi connectivity index (χ1n) is 10.9. The molecule has 0 saturated carbocycles. The second-order valence-electron chi connectivity index (χ2n) is 8.05. The summed E-state index contributed by atoms with van der Waals surface area (Å²) in [4.78, 5) is 52.5. The standard InChI is InChI=1S/C25H22N6O3/c26-22(32)19-4-1-5-20-21(19)29-23(28-20)16-6-8-17(9-7-16)24(33)30-11-13-31(14-12-30)25(34)18-3-2-10-27-15-18/h1-10,15H,11-14H2,(H2,26,32)(H,28,29). The number of nitrogens with two attached hydrogens (primary N) is 1. The average Bonchev–Trinajstić information content (AvgIpc) is 3.33. The zero-order valence-electron chi connectivity index (χ0n) is 18.3. The van der Waals surface area contributed by atoms with Gasteiger partial charge in [0, 0.05) is 49.7 Å². The summed E-state index contributed by atoms with van der Waals surface area (Å²) in [6, 6.07) is 15.8. The van der Waals surface area contributed by atoms with E-state index in [0.29, 0.717) is 59.7 Å². The number of piperazine rings is 1. The number of hydrogen-bond donors (Lipinski definition) is 2. The minimum absolute atomic E-state index is 0.0742. The molecule has 0 atom stereocenters. The minimum Gasteiger partial charge on any atom is -0.366 e. The molecule has 9 nitrogen and oxygen atoms in total. The predicted octanol–water partition coefficient (Wildman–Crippen LogP) is 2.32. The van der Waals surface area contributed by atoms with Crippen LogP contribution in [0, 0.1) is 0 Å². The highest BCUT2D eigenvalue weighted by molar-refractivity contribution is 6.04. The predicted molar refractivity (Wildman–Crippen MR) is 126 cm³/mol. The Kier molecular flexibility index (Phi) is 5.51. The van der Waals surface area contributed by atoms with Gasteiger partial charge in [0.05, 0.1) is 16.6 Å². The zero-order valence-corrected chi connectivity index (χ0v) is 18.3. The van der Waals surface area contributed by atoms with Gasteiger partial charge in [-0.15, -0.1) is 0 Å². The topological polar surface area (TPSA) is 125 Å². The van der Waals surface area contributed by atoms with Crippen molar-refractivity contribution in [2.75, 3.05) is 26.2 Å². The summed E-state index contributed by atoms with van der Waals surface area (Å²) in [5.41, 5.74) is 8.93. The van der Waals surface area contributed by atoms with Gasteiger partial charge in [-0.2, -0.15) is 0 Å². The summed E-state index contributed by atoms with van der Waals surface area (Å²) in [5.74, 6) is -0.104. The summed E-state index contributed by atoms with van der Waals surface area (Å²) in [6.45, 7) is 1.87. The van der Waals surface area contributed by atoms with Crippen molar-refractivity contribution in [1.82, 2.24) is 24.8 Å². The summed E-state index contributed by atoms with van der Waals surface area (Å²) in [6.07, 6.45) is 3.18. The Morgan fingerprint density at radius 2 is 1.50 bits per heavy atom. The molecule has 170 valence electrons. The monoisotopic (exact) mass is 454 g/mol. The number of nitrogens with one attached hydrogen (secondary N) is 1. The lowest BCUT2D eigenvalue weighted by Gasteiger charge is -2.34. The van der Waals surface area contributed by atoms with Gasteiger partial charge in [0.1, 0.15) is 11.3 Å². The number of para-hydroxylation sites is 1. The van der Waals surface area contributed by atoms with E-state index < -0.39 is 5.91 Å². The SMILES string of the molecule is NC(=O)c1cccc2[nH]c(-c3ccc(C(=O)N4CCN(C(=O)c5cccnc5)CC4)cc3)nc12. The Labute approximate surface area is 195 Å². The molecule has 0 spiro atoms. The lowest BCUT2D eigenvalue weighted by Crippen LogP contribution is -2.50. The molecule has 1 saturated heterocycles. The quantitative estimate of drug-likeness (QED) is 0.490. The molecule has 1 aliphatic heterocycles. The first kappa shape index (κ1) is 21.3. The van der Waals surface area contributed by atoms with Gasteiger partial charge in [-0.05, 0) is 36.4 Å². The maximum Gasteiger partial charge on any atom is 0.255 e. The van der Waals surface area contributed by atoms with E-state index in [2.05, 4.69) is 15.0 Å². The number of rotatable bonds is 4. The second-order valence-corrected chi connectivity index (χ2v) is 8.05. The smallest absolute Gasteiger partial charge is 0.255 e. The molecule has 3 heterocycles. The number of carbonyl (C=O) groups is 3. The summed E-state index contributed by atoms with van der Waals surface area (Å²) < 4.78 is 0. The highest BCUT2D eigenvalue weighted by Gasteiger charge is 2.25. The number of primary amides is 1. The van der Waals surface area contributed by atoms with E-state index in [4.69, 9.17) is 5.73 Å². The zero-order chi connectivity index (χ0) is 23.7. The third kappa shape index (κ3) is 3.99. The Morgan fingerprint density at radius 1 is 0.824 bits per heavy atom. The first-order chi connectivity index (χ1) is 16.5. The van der Waals surface area contributed by atoms with E-state index in [0.717, 1.165) is 5.56 Å². The van der Waals surface area contributed by atoms with E-state index in [9.17, 15) is 14.4 Å². The van der Waals surface area contributed by atoms with Crippen molar-refractivity contribution in [3.63, 3.8) is 0 Å². The average molecular weight is 454 g/mol. The van der Waals surface area contributed by atoms with Gasteiger partial charge in [-0.3, -0.25) is 19.4 Å². The number of aromatic nitrogens is 3. The normalized spacial score (nSPS) is 13.8. The van der Waals surface area contributed by atoms with Gasteiger partial charge in [0.2, 0.25) is 0 Å². The van der Waals surface area contributed by atoms with Crippen molar-refractivity contribution in [3.8, 4) is 11.4 Å². The van der Waals surface area contributed by atoms with Crippen molar-refractivity contribution in [2.45, 2.75) is 0 Å². The lowest BCUT2D eigenvalue weighted by molar-refractivity contribution is 0.0535. The number of imidazole rings is 1. The molecular weight excluding hydrogens is 432 g/mol. The number of hydrogen-bond acceptors (Lipinski definition) is 5. The largest absolute Gasteiger partial charge is 0.366 e. The number of pyridine rings is 1. The number of benzene rings is 2. The fourth-order valence-corrected chi connectivity index (χ4v) is 4.11. The molecular formula is C25H22N6O3. The molecule has 0 unspecified atom stereocenters. The fraction of sp³-hybridized carbons (Fsp3) is 0.160. The highest BCUT2D eigenvalue weighted by atomic mass is 16.2. The van der Waals surface area contributed by atoms with Gasteiger partial charge < -0.3 is 20.5 Å². The molecule has 34 heavy (non-hydrogen) atoms. The number of H-pyrrole nitrogens is 1. The van der Waals surface area contributed by atoms with Crippen molar-refractivity contribution < 1.29 is 14.4 Å². The van der Waals surface area contributed by atoms with Crippen LogP contribution in [0.15, 0.2) is 67.0 Å². The van der Waals surface area contributed by atoms with Crippen molar-refractivity contribution in [3.05, 3.63) is 83.7 Å². The molecule has 5 rings (SSSR count). The Bertz CT molecular complexity index is 1370. The Hall–Kier alpha value is -4.53. The Morgan fingerprint density at radius 3 is 2.12 bits per heavy atom. The van der Waals surface area contributed by atoms with Crippen LogP contribution in [0.5, 0.6) is 0 Å². The van der Waals surface area contributed by atoms with E-state index in [1.54, 1.807) is 58.6 Å². The van der Waals surface area contributed by atoms with Crippen LogP contribution in [0.1, 0.15) is 31.1 Å². The van der Waals surface area contributed by atoms with Crippen LogP contribution in [-0.2, 0) is 0 Å². The van der Waals surface area contributed by atoms with Crippen LogP contribution in [0.3, 0.4) is 0 Å². The maximum absolute atomic E-state index is 13.0. The van der Waals surface area contributed by atoms with Crippen molar-refractivity contribution in [2.24, 2.45) is 5.73 Å². The molecule has 0 bridgehead atoms. The third-order valence-electron chi connectivity index (χ3n) is 5.95. The summed E-state index contributed by atoms with van der Waals surface area (Å²) >= 11 is 0. The van der Waals surface area contributed by atoms with E-state index in [1.807, 2.05) is 18.2 Å². The molecule has 0 aliphatic carbocycles. The summed E-state index contributed by atoms with van der Waals surface area (Å²) in [7, 11) is 0. The molecule has 3 amide bonds. The van der Waals surface area contributed by atoms with Crippen LogP contribution in [0.2, 0.25) is 0 Å². The maximum atomic E-state index is 13.0. The van der Waals surface area contributed by atoms with Crippen LogP contribution < -0.4 is 5.73 Å². The van der Waals surface area contributed by atoms with E-state index >= 15 is 0 Å². The van der Waals surface area contributed by atoms with Crippen molar-refractivity contribution >= 4 is 28.8 Å². The molecule has 4 aromatic rings. The van der Waals surface area contributed by atoms with Crippen molar-refractivity contribution in [1.29, 1.82) is 0 Å². The fourth-order valence-electron chi connectivity index (χ4n) is 4.11. The molecule has 3 N–H and O–H groups in total. The molecule has 0 radical (unpaired) electrons. The molecule has 1 aliphatic rings. The number of amides is 3. The van der Waals surface area contributed by atoms with Crippen LogP contribution in [-0.4, -0.2) is 68.7 Å². The van der Waals surface area contributed by atoms with Gasteiger partial charge in [0.25, 0.3) is 17.7 Å². The molecule has 9 heteroatoms. The van der Waals surface area contributed by atoms with Crippen LogP contribution in [0.4, 0.5) is 0 Å².